The first-order valence-corrected chi connectivity index (χ1v) is 12.4. The van der Waals surface area contributed by atoms with Crippen LogP contribution >= 0.6 is 22.9 Å². The van der Waals surface area contributed by atoms with Crippen LogP contribution in [0.5, 0.6) is 0 Å². The molecule has 0 spiro atoms. The molecule has 1 N–H and O–H groups in total. The van der Waals surface area contributed by atoms with Gasteiger partial charge in [-0.05, 0) is 61.7 Å². The molecule has 0 unspecified atom stereocenters. The summed E-state index contributed by atoms with van der Waals surface area (Å²) in [6.07, 6.45) is 4.85. The molecule has 5 rings (SSSR count). The SMILES string of the molecule is Cc1cccc(C(=O)N2CCC(c3nc4cc(Cl)ccc4s3)CC2)c1NC(=O)c1ccncc1. The molecule has 3 heterocycles. The number of thiazole rings is 1. The number of nitrogens with one attached hydrogen (secondary N) is 1. The first-order chi connectivity index (χ1) is 16.5. The van der Waals surface area contributed by atoms with Crippen molar-refractivity contribution in [1.82, 2.24) is 14.9 Å². The Morgan fingerprint density at radius 1 is 1.09 bits per heavy atom. The number of carbonyl (C=O) groups excluding carboxylic acids is 2. The van der Waals surface area contributed by atoms with Crippen LogP contribution in [-0.2, 0) is 0 Å². The second-order valence-electron chi connectivity index (χ2n) is 8.42. The molecule has 1 aliphatic heterocycles. The number of fused-ring (bicyclic) bond motifs is 1. The van der Waals surface area contributed by atoms with Gasteiger partial charge in [-0.25, -0.2) is 4.98 Å². The van der Waals surface area contributed by atoms with Gasteiger partial charge in [0.15, 0.2) is 0 Å². The van der Waals surface area contributed by atoms with E-state index in [0.29, 0.717) is 40.8 Å². The van der Waals surface area contributed by atoms with Crippen molar-refractivity contribution in [3.63, 3.8) is 0 Å². The maximum Gasteiger partial charge on any atom is 0.255 e. The summed E-state index contributed by atoms with van der Waals surface area (Å²) in [7, 11) is 0. The number of pyridine rings is 1. The predicted octanol–water partition coefficient (Wildman–Crippen LogP) is 5.93. The first kappa shape index (κ1) is 22.5. The predicted molar refractivity (Wildman–Crippen MR) is 136 cm³/mol. The van der Waals surface area contributed by atoms with E-state index in [9.17, 15) is 9.59 Å². The molecule has 2 amide bonds. The highest BCUT2D eigenvalue weighted by atomic mass is 35.5. The molecule has 4 aromatic rings. The second kappa shape index (κ2) is 9.52. The number of para-hydroxylation sites is 1. The molecule has 8 heteroatoms. The van der Waals surface area contributed by atoms with Gasteiger partial charge in [-0.1, -0.05) is 23.7 Å². The van der Waals surface area contributed by atoms with Crippen LogP contribution in [-0.4, -0.2) is 39.8 Å². The molecule has 2 aromatic heterocycles. The molecule has 0 saturated carbocycles. The fourth-order valence-corrected chi connectivity index (χ4v) is 5.58. The molecule has 6 nitrogen and oxygen atoms in total. The van der Waals surface area contributed by atoms with Crippen LogP contribution in [0.15, 0.2) is 60.9 Å². The lowest BCUT2D eigenvalue weighted by molar-refractivity contribution is 0.0714. The van der Waals surface area contributed by atoms with Crippen LogP contribution in [0.4, 0.5) is 5.69 Å². The molecular weight excluding hydrogens is 468 g/mol. The van der Waals surface area contributed by atoms with E-state index in [-0.39, 0.29) is 11.8 Å². The monoisotopic (exact) mass is 490 g/mol. The number of nitrogens with zero attached hydrogens (tertiary/aromatic N) is 3. The normalized spacial score (nSPS) is 14.4. The molecule has 1 fully saturated rings. The van der Waals surface area contributed by atoms with Gasteiger partial charge in [-0.15, -0.1) is 11.3 Å². The molecule has 1 saturated heterocycles. The van der Waals surface area contributed by atoms with Crippen molar-refractivity contribution in [2.75, 3.05) is 18.4 Å². The zero-order valence-electron chi connectivity index (χ0n) is 18.6. The summed E-state index contributed by atoms with van der Waals surface area (Å²) in [6, 6.07) is 14.6. The fraction of sp³-hybridized carbons (Fsp3) is 0.231. The van der Waals surface area contributed by atoms with E-state index in [4.69, 9.17) is 16.6 Å². The number of anilines is 1. The summed E-state index contributed by atoms with van der Waals surface area (Å²) in [6.45, 7) is 3.18. The zero-order chi connectivity index (χ0) is 23.7. The Hall–Kier alpha value is -3.29. The molecule has 172 valence electrons. The van der Waals surface area contributed by atoms with Crippen molar-refractivity contribution in [3.8, 4) is 0 Å². The van der Waals surface area contributed by atoms with Gasteiger partial charge < -0.3 is 10.2 Å². The van der Waals surface area contributed by atoms with E-state index in [1.165, 1.54) is 0 Å². The third-order valence-corrected chi connectivity index (χ3v) is 7.62. The highest BCUT2D eigenvalue weighted by Gasteiger charge is 2.28. The van der Waals surface area contributed by atoms with Gasteiger partial charge in [0, 0.05) is 42.0 Å². The molecule has 0 atom stereocenters. The van der Waals surface area contributed by atoms with Gasteiger partial charge in [0.05, 0.1) is 26.5 Å². The number of hydrogen-bond acceptors (Lipinski definition) is 5. The highest BCUT2D eigenvalue weighted by Crippen LogP contribution is 2.35. The first-order valence-electron chi connectivity index (χ1n) is 11.2. The van der Waals surface area contributed by atoms with Gasteiger partial charge in [0.2, 0.25) is 0 Å². The minimum absolute atomic E-state index is 0.0664. The fourth-order valence-electron chi connectivity index (χ4n) is 4.29. The number of amides is 2. The Labute approximate surface area is 206 Å². The van der Waals surface area contributed by atoms with E-state index >= 15 is 0 Å². The molecular formula is C26H23ClN4O2S. The third kappa shape index (κ3) is 4.54. The van der Waals surface area contributed by atoms with Crippen LogP contribution in [0.25, 0.3) is 10.2 Å². The smallest absolute Gasteiger partial charge is 0.255 e. The zero-order valence-corrected chi connectivity index (χ0v) is 20.2. The van der Waals surface area contributed by atoms with Crippen molar-refractivity contribution >= 4 is 50.7 Å². The number of benzene rings is 2. The van der Waals surface area contributed by atoms with Crippen LogP contribution in [0.1, 0.15) is 50.0 Å². The van der Waals surface area contributed by atoms with Crippen molar-refractivity contribution in [2.45, 2.75) is 25.7 Å². The van der Waals surface area contributed by atoms with Crippen molar-refractivity contribution in [1.29, 1.82) is 0 Å². The largest absolute Gasteiger partial charge is 0.339 e. The van der Waals surface area contributed by atoms with Crippen molar-refractivity contribution in [3.05, 3.63) is 87.6 Å². The summed E-state index contributed by atoms with van der Waals surface area (Å²) in [5.41, 5.74) is 3.33. The highest BCUT2D eigenvalue weighted by molar-refractivity contribution is 7.18. The summed E-state index contributed by atoms with van der Waals surface area (Å²) in [4.78, 5) is 36.8. The summed E-state index contributed by atoms with van der Waals surface area (Å²) < 4.78 is 1.13. The number of aryl methyl sites for hydroxylation is 1. The maximum absolute atomic E-state index is 13.4. The van der Waals surface area contributed by atoms with Crippen LogP contribution in [0.3, 0.4) is 0 Å². The van der Waals surface area contributed by atoms with Gasteiger partial charge in [0.1, 0.15) is 0 Å². The lowest BCUT2D eigenvalue weighted by Crippen LogP contribution is -2.38. The Morgan fingerprint density at radius 3 is 2.62 bits per heavy atom. The third-order valence-electron chi connectivity index (χ3n) is 6.18. The number of aromatic nitrogens is 2. The Kier molecular flexibility index (Phi) is 6.30. The lowest BCUT2D eigenvalue weighted by Gasteiger charge is -2.31. The van der Waals surface area contributed by atoms with Crippen molar-refractivity contribution < 1.29 is 9.59 Å². The number of rotatable bonds is 4. The molecule has 34 heavy (non-hydrogen) atoms. The topological polar surface area (TPSA) is 75.2 Å². The molecule has 0 radical (unpaired) electrons. The lowest BCUT2D eigenvalue weighted by atomic mass is 9.96. The summed E-state index contributed by atoms with van der Waals surface area (Å²) in [5.74, 6) is -0.00717. The molecule has 2 aromatic carbocycles. The molecule has 0 aliphatic carbocycles. The van der Waals surface area contributed by atoms with E-state index in [2.05, 4.69) is 10.3 Å². The standard InChI is InChI=1S/C26H23ClN4O2S/c1-16-3-2-4-20(23(16)30-24(32)17-7-11-28-12-8-17)26(33)31-13-9-18(10-14-31)25-29-21-15-19(27)5-6-22(21)34-25/h2-8,11-12,15,18H,9-10,13-14H2,1H3,(H,30,32). The summed E-state index contributed by atoms with van der Waals surface area (Å²) >= 11 is 7.81. The van der Waals surface area contributed by atoms with E-state index < -0.39 is 0 Å². The number of likely N-dealkylation sites (tertiary alicyclic amines) is 1. The minimum Gasteiger partial charge on any atom is -0.339 e. The van der Waals surface area contributed by atoms with E-state index in [0.717, 1.165) is 33.6 Å². The maximum atomic E-state index is 13.4. The Morgan fingerprint density at radius 2 is 1.85 bits per heavy atom. The summed E-state index contributed by atoms with van der Waals surface area (Å²) in [5, 5.41) is 4.73. The molecule has 0 bridgehead atoms. The van der Waals surface area contributed by atoms with E-state index in [1.54, 1.807) is 41.9 Å². The Bertz CT molecular complexity index is 1360. The van der Waals surface area contributed by atoms with Crippen LogP contribution in [0, 0.1) is 6.92 Å². The number of piperidine rings is 1. The quantitative estimate of drug-likeness (QED) is 0.385. The van der Waals surface area contributed by atoms with Crippen LogP contribution in [0.2, 0.25) is 5.02 Å². The average molecular weight is 491 g/mol. The van der Waals surface area contributed by atoms with Gasteiger partial charge in [0.25, 0.3) is 11.8 Å². The molecule has 1 aliphatic rings. The number of halogens is 1. The van der Waals surface area contributed by atoms with Gasteiger partial charge in [-0.2, -0.15) is 0 Å². The second-order valence-corrected chi connectivity index (χ2v) is 9.92. The van der Waals surface area contributed by atoms with Crippen molar-refractivity contribution in [2.24, 2.45) is 0 Å². The Balaban J connectivity index is 1.30. The van der Waals surface area contributed by atoms with Crippen LogP contribution < -0.4 is 5.32 Å². The van der Waals surface area contributed by atoms with Gasteiger partial charge >= 0.3 is 0 Å². The number of hydrogen-bond donors (Lipinski definition) is 1. The van der Waals surface area contributed by atoms with E-state index in [1.807, 2.05) is 42.2 Å². The van der Waals surface area contributed by atoms with Gasteiger partial charge in [-0.3, -0.25) is 14.6 Å². The average Bonchev–Trinajstić information content (AvgIpc) is 3.28. The minimum atomic E-state index is -0.264. The number of carbonyl (C=O) groups is 2.